The predicted octanol–water partition coefficient (Wildman–Crippen LogP) is 2.53. The smallest absolute Gasteiger partial charge is 0.00502 e. The van der Waals surface area contributed by atoms with Crippen LogP contribution in [0, 0.1) is 12.3 Å². The highest BCUT2D eigenvalue weighted by atomic mass is 13.8. The molecule has 0 heterocycles. The molecule has 0 unspecified atom stereocenters. The number of terminal acetylenes is 1. The van der Waals surface area contributed by atoms with Gasteiger partial charge in [-0.2, -0.15) is 0 Å². The van der Waals surface area contributed by atoms with Gasteiger partial charge in [0.05, 0.1) is 0 Å². The molecule has 0 nitrogen and oxygen atoms in total. The average Bonchev–Trinajstić information content (AvgIpc) is 1.89. The molecule has 0 bridgehead atoms. The zero-order valence-corrected chi connectivity index (χ0v) is 6.02. The highest BCUT2D eigenvalue weighted by Crippen LogP contribution is 1.92. The van der Waals surface area contributed by atoms with Crippen molar-refractivity contribution in [1.29, 1.82) is 0 Å². The van der Waals surface area contributed by atoms with Crippen LogP contribution in [0.2, 0.25) is 0 Å². The molecule has 0 aromatic carbocycles. The van der Waals surface area contributed by atoms with Crippen LogP contribution in [-0.4, -0.2) is 0 Å². The first-order valence-corrected chi connectivity index (χ1v) is 3.05. The minimum Gasteiger partial charge on any atom is -0.115 e. The molecule has 0 atom stereocenters. The molecule has 0 spiro atoms. The minimum absolute atomic E-state index is 0.951. The molecule has 9 heavy (non-hydrogen) atoms. The van der Waals surface area contributed by atoms with Gasteiger partial charge in [0.15, 0.2) is 0 Å². The topological polar surface area (TPSA) is 0 Å². The number of hydrogen-bond acceptors (Lipinski definition) is 0. The molecule has 0 fully saturated rings. The van der Waals surface area contributed by atoms with E-state index in [0.29, 0.717) is 0 Å². The van der Waals surface area contributed by atoms with Crippen molar-refractivity contribution in [2.45, 2.75) is 20.3 Å². The Labute approximate surface area is 57.3 Å². The van der Waals surface area contributed by atoms with Crippen molar-refractivity contribution < 1.29 is 0 Å². The Balaban J connectivity index is 3.60. The van der Waals surface area contributed by atoms with Crippen molar-refractivity contribution in [3.8, 4) is 12.3 Å². The van der Waals surface area contributed by atoms with E-state index < -0.39 is 0 Å². The van der Waals surface area contributed by atoms with Crippen molar-refractivity contribution in [3.63, 3.8) is 0 Å². The summed E-state index contributed by atoms with van der Waals surface area (Å²) < 4.78 is 0. The Morgan fingerprint density at radius 3 is 2.78 bits per heavy atom. The third kappa shape index (κ3) is 4.90. The van der Waals surface area contributed by atoms with E-state index in [9.17, 15) is 0 Å². The normalized spacial score (nSPS) is 11.9. The largest absolute Gasteiger partial charge is 0.115 e. The Bertz CT molecular complexity index is 153. The highest BCUT2D eigenvalue weighted by molar-refractivity contribution is 5.22. The van der Waals surface area contributed by atoms with Gasteiger partial charge in [-0.05, 0) is 25.8 Å². The zero-order chi connectivity index (χ0) is 7.11. The average molecular weight is 120 g/mol. The molecule has 0 aromatic heterocycles. The molecule has 0 radical (unpaired) electrons. The van der Waals surface area contributed by atoms with Gasteiger partial charge in [0, 0.05) is 0 Å². The van der Waals surface area contributed by atoms with Crippen LogP contribution in [0.1, 0.15) is 20.3 Å². The first kappa shape index (κ1) is 8.04. The molecule has 0 N–H and O–H groups in total. The molecule has 0 aliphatic carbocycles. The third-order valence-corrected chi connectivity index (χ3v) is 1.02. The van der Waals surface area contributed by atoms with Gasteiger partial charge in [-0.15, -0.1) is 6.42 Å². The van der Waals surface area contributed by atoms with Gasteiger partial charge in [-0.1, -0.05) is 24.1 Å². The van der Waals surface area contributed by atoms with Gasteiger partial charge >= 0.3 is 0 Å². The fourth-order valence-electron chi connectivity index (χ4n) is 0.440. The van der Waals surface area contributed by atoms with Crippen LogP contribution in [-0.2, 0) is 0 Å². The minimum atomic E-state index is 0.951. The molecule has 0 saturated heterocycles. The monoisotopic (exact) mass is 120 g/mol. The van der Waals surface area contributed by atoms with E-state index in [-0.39, 0.29) is 0 Å². The van der Waals surface area contributed by atoms with E-state index in [0.717, 1.165) is 12.0 Å². The van der Waals surface area contributed by atoms with Gasteiger partial charge in [-0.25, -0.2) is 0 Å². The lowest BCUT2D eigenvalue weighted by atomic mass is 10.2. The molecule has 48 valence electrons. The van der Waals surface area contributed by atoms with Gasteiger partial charge in [0.25, 0.3) is 0 Å². The van der Waals surface area contributed by atoms with Crippen molar-refractivity contribution >= 4 is 0 Å². The maximum atomic E-state index is 5.11. The van der Waals surface area contributed by atoms with Crippen LogP contribution in [0.3, 0.4) is 0 Å². The first-order chi connectivity index (χ1) is 4.31. The molecule has 0 aromatic rings. The van der Waals surface area contributed by atoms with Crippen LogP contribution in [0.25, 0.3) is 0 Å². The standard InChI is InChI=1S/C9H12/c1-4-6-7-8-9(3)5-2/h2,4,6,8H,7H2,1,3H3/b6-4-,9-8-. The van der Waals surface area contributed by atoms with Crippen molar-refractivity contribution in [3.05, 3.63) is 23.8 Å². The fourth-order valence-corrected chi connectivity index (χ4v) is 0.440. The maximum absolute atomic E-state index is 5.11. The van der Waals surface area contributed by atoms with Crippen LogP contribution in [0.4, 0.5) is 0 Å². The quantitative estimate of drug-likeness (QED) is 0.388. The second-order valence-electron chi connectivity index (χ2n) is 1.84. The SMILES string of the molecule is C#C/C(C)=C\C/C=C\C. The summed E-state index contributed by atoms with van der Waals surface area (Å²) >= 11 is 0. The van der Waals surface area contributed by atoms with E-state index >= 15 is 0 Å². The van der Waals surface area contributed by atoms with E-state index in [1.165, 1.54) is 0 Å². The summed E-state index contributed by atoms with van der Waals surface area (Å²) in [5.74, 6) is 2.55. The second-order valence-corrected chi connectivity index (χ2v) is 1.84. The Kier molecular flexibility index (Phi) is 4.63. The van der Waals surface area contributed by atoms with E-state index in [1.807, 2.05) is 26.0 Å². The number of allylic oxidation sites excluding steroid dienone is 4. The van der Waals surface area contributed by atoms with Crippen LogP contribution < -0.4 is 0 Å². The summed E-state index contributed by atoms with van der Waals surface area (Å²) in [6.07, 6.45) is 12.2. The molecular formula is C9H12. The molecule has 0 amide bonds. The lowest BCUT2D eigenvalue weighted by molar-refractivity contribution is 1.33. The molecule has 0 rings (SSSR count). The van der Waals surface area contributed by atoms with Crippen LogP contribution in [0.5, 0.6) is 0 Å². The summed E-state index contributed by atoms with van der Waals surface area (Å²) in [6.45, 7) is 3.93. The Morgan fingerprint density at radius 2 is 2.33 bits per heavy atom. The Morgan fingerprint density at radius 1 is 1.67 bits per heavy atom. The molecule has 0 aliphatic rings. The molecule has 0 aliphatic heterocycles. The van der Waals surface area contributed by atoms with E-state index in [2.05, 4.69) is 12.0 Å². The maximum Gasteiger partial charge on any atom is -0.00502 e. The van der Waals surface area contributed by atoms with Gasteiger partial charge in [0.1, 0.15) is 0 Å². The van der Waals surface area contributed by atoms with E-state index in [1.54, 1.807) is 0 Å². The second kappa shape index (κ2) is 5.18. The van der Waals surface area contributed by atoms with E-state index in [4.69, 9.17) is 6.42 Å². The fraction of sp³-hybridized carbons (Fsp3) is 0.333. The lowest BCUT2D eigenvalue weighted by Gasteiger charge is -1.83. The first-order valence-electron chi connectivity index (χ1n) is 3.05. The summed E-state index contributed by atoms with van der Waals surface area (Å²) in [4.78, 5) is 0. The van der Waals surface area contributed by atoms with Gasteiger partial charge < -0.3 is 0 Å². The molecule has 0 heteroatoms. The van der Waals surface area contributed by atoms with Crippen molar-refractivity contribution in [2.24, 2.45) is 0 Å². The van der Waals surface area contributed by atoms with Crippen molar-refractivity contribution in [2.75, 3.05) is 0 Å². The summed E-state index contributed by atoms with van der Waals surface area (Å²) in [6, 6.07) is 0. The summed E-state index contributed by atoms with van der Waals surface area (Å²) in [5, 5.41) is 0. The van der Waals surface area contributed by atoms with Gasteiger partial charge in [0.2, 0.25) is 0 Å². The third-order valence-electron chi connectivity index (χ3n) is 1.02. The molecular weight excluding hydrogens is 108 g/mol. The summed E-state index contributed by atoms with van der Waals surface area (Å²) in [7, 11) is 0. The zero-order valence-electron chi connectivity index (χ0n) is 6.02. The Hall–Kier alpha value is -0.960. The van der Waals surface area contributed by atoms with Crippen LogP contribution >= 0.6 is 0 Å². The van der Waals surface area contributed by atoms with Crippen molar-refractivity contribution in [1.82, 2.24) is 0 Å². The van der Waals surface area contributed by atoms with Crippen LogP contribution in [0.15, 0.2) is 23.8 Å². The number of hydrogen-bond donors (Lipinski definition) is 0. The predicted molar refractivity (Wildman–Crippen MR) is 42.0 cm³/mol. The summed E-state index contributed by atoms with van der Waals surface area (Å²) in [5.41, 5.74) is 1.01. The lowest BCUT2D eigenvalue weighted by Crippen LogP contribution is -1.65. The highest BCUT2D eigenvalue weighted by Gasteiger charge is 1.75. The number of rotatable bonds is 2. The van der Waals surface area contributed by atoms with Gasteiger partial charge in [-0.3, -0.25) is 0 Å². The molecule has 0 saturated carbocycles.